The van der Waals surface area contributed by atoms with Gasteiger partial charge in [0, 0.05) is 36.1 Å². The van der Waals surface area contributed by atoms with Crippen LogP contribution in [0.3, 0.4) is 0 Å². The van der Waals surface area contributed by atoms with Crippen LogP contribution < -0.4 is 5.32 Å². The summed E-state index contributed by atoms with van der Waals surface area (Å²) >= 11 is 0. The van der Waals surface area contributed by atoms with E-state index in [1.807, 2.05) is 37.0 Å². The average Bonchev–Trinajstić information content (AvgIpc) is 3.32. The summed E-state index contributed by atoms with van der Waals surface area (Å²) < 4.78 is 1.89. The standard InChI is InChI=1S/C24H23N5/c1-16-11-20(15-25-13-16)22-12-23(29-24(28-22)17(2)14-27-29)26-10-9-19-8-7-18-5-3-4-6-21(18)19/h3-6,8,11-15,26H,7,9-10H2,1-2H3. The van der Waals surface area contributed by atoms with E-state index in [0.717, 1.165) is 53.2 Å². The largest absolute Gasteiger partial charge is 0.370 e. The summed E-state index contributed by atoms with van der Waals surface area (Å²) in [4.78, 5) is 9.16. The molecule has 0 saturated carbocycles. The zero-order valence-corrected chi connectivity index (χ0v) is 16.7. The number of nitrogens with zero attached hydrogens (tertiary/aromatic N) is 4. The average molecular weight is 381 g/mol. The summed E-state index contributed by atoms with van der Waals surface area (Å²) in [5, 5.41) is 8.10. The fraction of sp³-hybridized carbons (Fsp3) is 0.208. The van der Waals surface area contributed by atoms with E-state index in [9.17, 15) is 0 Å². The maximum atomic E-state index is 4.83. The third-order valence-corrected chi connectivity index (χ3v) is 5.45. The predicted molar refractivity (Wildman–Crippen MR) is 117 cm³/mol. The summed E-state index contributed by atoms with van der Waals surface area (Å²) in [6.45, 7) is 4.92. The predicted octanol–water partition coefficient (Wildman–Crippen LogP) is 4.85. The SMILES string of the molecule is Cc1cncc(-c2cc(NCCC3=CCc4ccccc43)n3ncc(C)c3n2)c1. The van der Waals surface area contributed by atoms with E-state index in [2.05, 4.69) is 57.9 Å². The highest BCUT2D eigenvalue weighted by atomic mass is 15.3. The van der Waals surface area contributed by atoms with Crippen molar-refractivity contribution in [2.24, 2.45) is 0 Å². The van der Waals surface area contributed by atoms with Gasteiger partial charge in [-0.2, -0.15) is 9.61 Å². The van der Waals surface area contributed by atoms with Crippen LogP contribution in [-0.2, 0) is 6.42 Å². The van der Waals surface area contributed by atoms with Gasteiger partial charge in [0.2, 0.25) is 0 Å². The summed E-state index contributed by atoms with van der Waals surface area (Å²) in [6.07, 6.45) is 9.94. The third-order valence-electron chi connectivity index (χ3n) is 5.45. The van der Waals surface area contributed by atoms with Gasteiger partial charge in [-0.15, -0.1) is 0 Å². The van der Waals surface area contributed by atoms with Crippen LogP contribution >= 0.6 is 0 Å². The monoisotopic (exact) mass is 381 g/mol. The molecular formula is C24H23N5. The molecule has 1 aliphatic carbocycles. The van der Waals surface area contributed by atoms with Crippen molar-refractivity contribution in [3.8, 4) is 11.3 Å². The van der Waals surface area contributed by atoms with Gasteiger partial charge in [-0.05, 0) is 55.0 Å². The van der Waals surface area contributed by atoms with Crippen molar-refractivity contribution in [3.63, 3.8) is 0 Å². The van der Waals surface area contributed by atoms with Crippen LogP contribution in [0.2, 0.25) is 0 Å². The number of fused-ring (bicyclic) bond motifs is 2. The van der Waals surface area contributed by atoms with E-state index in [0.29, 0.717) is 0 Å². The number of aryl methyl sites for hydroxylation is 2. The lowest BCUT2D eigenvalue weighted by molar-refractivity contribution is 0.923. The van der Waals surface area contributed by atoms with Gasteiger partial charge in [-0.1, -0.05) is 30.3 Å². The van der Waals surface area contributed by atoms with Crippen molar-refractivity contribution in [1.82, 2.24) is 19.6 Å². The number of aromatic nitrogens is 4. The summed E-state index contributed by atoms with van der Waals surface area (Å²) in [5.41, 5.74) is 9.20. The second-order valence-corrected chi connectivity index (χ2v) is 7.61. The van der Waals surface area contributed by atoms with Crippen LogP contribution in [0.15, 0.2) is 61.1 Å². The molecule has 1 N–H and O–H groups in total. The molecule has 5 heteroatoms. The molecule has 0 amide bonds. The fourth-order valence-corrected chi connectivity index (χ4v) is 3.96. The third kappa shape index (κ3) is 3.29. The van der Waals surface area contributed by atoms with Gasteiger partial charge in [0.25, 0.3) is 0 Å². The first-order chi connectivity index (χ1) is 14.2. The molecule has 0 aliphatic heterocycles. The molecule has 5 nitrogen and oxygen atoms in total. The van der Waals surface area contributed by atoms with Crippen LogP contribution in [0, 0.1) is 13.8 Å². The Hall–Kier alpha value is -3.47. The molecule has 0 atom stereocenters. The topological polar surface area (TPSA) is 55.1 Å². The number of anilines is 1. The van der Waals surface area contributed by atoms with Gasteiger partial charge in [0.1, 0.15) is 5.82 Å². The van der Waals surface area contributed by atoms with Gasteiger partial charge in [-0.3, -0.25) is 4.98 Å². The first-order valence-corrected chi connectivity index (χ1v) is 9.97. The molecule has 1 aromatic carbocycles. The Morgan fingerprint density at radius 2 is 1.97 bits per heavy atom. The summed E-state index contributed by atoms with van der Waals surface area (Å²) in [7, 11) is 0. The molecule has 0 unspecified atom stereocenters. The minimum absolute atomic E-state index is 0.837. The van der Waals surface area contributed by atoms with Gasteiger partial charge < -0.3 is 5.32 Å². The Balaban J connectivity index is 1.42. The van der Waals surface area contributed by atoms with E-state index in [4.69, 9.17) is 4.98 Å². The molecule has 29 heavy (non-hydrogen) atoms. The second kappa shape index (κ2) is 7.17. The van der Waals surface area contributed by atoms with E-state index in [-0.39, 0.29) is 0 Å². The lowest BCUT2D eigenvalue weighted by atomic mass is 10.0. The highest BCUT2D eigenvalue weighted by Crippen LogP contribution is 2.30. The van der Waals surface area contributed by atoms with Crippen molar-refractivity contribution < 1.29 is 0 Å². The number of allylic oxidation sites excluding steroid dienone is 1. The molecule has 0 fully saturated rings. The molecule has 1 aliphatic rings. The van der Waals surface area contributed by atoms with Crippen molar-refractivity contribution in [3.05, 3.63) is 83.3 Å². The van der Waals surface area contributed by atoms with Crippen molar-refractivity contribution in [2.45, 2.75) is 26.7 Å². The fourth-order valence-electron chi connectivity index (χ4n) is 3.96. The van der Waals surface area contributed by atoms with Gasteiger partial charge in [0.15, 0.2) is 5.65 Å². The Morgan fingerprint density at radius 3 is 2.86 bits per heavy atom. The van der Waals surface area contributed by atoms with Crippen LogP contribution in [0.5, 0.6) is 0 Å². The number of hydrogen-bond donors (Lipinski definition) is 1. The maximum absolute atomic E-state index is 4.83. The Kier molecular flexibility index (Phi) is 4.35. The van der Waals surface area contributed by atoms with E-state index < -0.39 is 0 Å². The summed E-state index contributed by atoms with van der Waals surface area (Å²) in [6, 6.07) is 12.8. The Morgan fingerprint density at radius 1 is 1.07 bits per heavy atom. The first-order valence-electron chi connectivity index (χ1n) is 9.97. The molecule has 144 valence electrons. The number of rotatable bonds is 5. The zero-order chi connectivity index (χ0) is 19.8. The molecule has 3 aromatic heterocycles. The van der Waals surface area contributed by atoms with Crippen LogP contribution in [0.1, 0.15) is 28.7 Å². The van der Waals surface area contributed by atoms with Crippen molar-refractivity contribution in [1.29, 1.82) is 0 Å². The molecule has 5 rings (SSSR count). The zero-order valence-electron chi connectivity index (χ0n) is 16.7. The molecular weight excluding hydrogens is 358 g/mol. The highest BCUT2D eigenvalue weighted by molar-refractivity contribution is 5.73. The number of pyridine rings is 1. The number of benzene rings is 1. The quantitative estimate of drug-likeness (QED) is 0.537. The van der Waals surface area contributed by atoms with Gasteiger partial charge in [-0.25, -0.2) is 4.98 Å². The molecule has 3 heterocycles. The van der Waals surface area contributed by atoms with E-state index in [1.54, 1.807) is 0 Å². The van der Waals surface area contributed by atoms with Crippen molar-refractivity contribution in [2.75, 3.05) is 11.9 Å². The summed E-state index contributed by atoms with van der Waals surface area (Å²) in [5.74, 6) is 0.950. The second-order valence-electron chi connectivity index (χ2n) is 7.61. The van der Waals surface area contributed by atoms with Crippen molar-refractivity contribution >= 4 is 17.0 Å². The Bertz CT molecular complexity index is 1240. The normalized spacial score (nSPS) is 12.8. The van der Waals surface area contributed by atoms with Gasteiger partial charge in [0.05, 0.1) is 11.9 Å². The lowest BCUT2D eigenvalue weighted by Crippen LogP contribution is -2.08. The minimum Gasteiger partial charge on any atom is -0.370 e. The number of hydrogen-bond acceptors (Lipinski definition) is 4. The first kappa shape index (κ1) is 17.6. The van der Waals surface area contributed by atoms with Crippen LogP contribution in [0.25, 0.3) is 22.5 Å². The van der Waals surface area contributed by atoms with Gasteiger partial charge >= 0.3 is 0 Å². The Labute approximate surface area is 170 Å². The smallest absolute Gasteiger partial charge is 0.160 e. The highest BCUT2D eigenvalue weighted by Gasteiger charge is 2.14. The van der Waals surface area contributed by atoms with Crippen LogP contribution in [0.4, 0.5) is 5.82 Å². The molecule has 0 radical (unpaired) electrons. The molecule has 0 bridgehead atoms. The molecule has 0 spiro atoms. The molecule has 4 aromatic rings. The maximum Gasteiger partial charge on any atom is 0.160 e. The van der Waals surface area contributed by atoms with E-state index in [1.165, 1.54) is 16.7 Å². The molecule has 0 saturated heterocycles. The van der Waals surface area contributed by atoms with E-state index >= 15 is 0 Å². The van der Waals surface area contributed by atoms with Crippen LogP contribution in [-0.4, -0.2) is 26.1 Å². The lowest BCUT2D eigenvalue weighted by Gasteiger charge is -2.12. The number of nitrogens with one attached hydrogen (secondary N) is 1. The minimum atomic E-state index is 0.837.